The first-order valence-electron chi connectivity index (χ1n) is 4.66. The summed E-state index contributed by atoms with van der Waals surface area (Å²) in [4.78, 5) is 10.9. The maximum atomic E-state index is 10.9. The lowest BCUT2D eigenvalue weighted by Gasteiger charge is -2.05. The molecular formula is C12H14O2. The summed E-state index contributed by atoms with van der Waals surface area (Å²) < 4.78 is 0. The van der Waals surface area contributed by atoms with Crippen molar-refractivity contribution >= 4 is 11.5 Å². The summed E-state index contributed by atoms with van der Waals surface area (Å²) in [6.45, 7) is 3.97. The summed E-state index contributed by atoms with van der Waals surface area (Å²) in [5.41, 5.74) is 2.20. The molecule has 1 aromatic rings. The summed E-state index contributed by atoms with van der Waals surface area (Å²) in [6.07, 6.45) is 2.95. The summed E-state index contributed by atoms with van der Waals surface area (Å²) >= 11 is 0. The number of hydrogen-bond acceptors (Lipinski definition) is 1. The van der Waals surface area contributed by atoms with Crippen molar-refractivity contribution in [3.8, 4) is 0 Å². The summed E-state index contributed by atoms with van der Waals surface area (Å²) in [5, 5.41) is 8.96. The molecule has 0 aromatic heterocycles. The predicted octanol–water partition coefficient (Wildman–Crippen LogP) is 3.20. The van der Waals surface area contributed by atoms with Crippen LogP contribution in [-0.2, 0) is 0 Å². The molecule has 1 rings (SSSR count). The monoisotopic (exact) mass is 190 g/mol. The summed E-state index contributed by atoms with van der Waals surface area (Å²) in [7, 11) is 0. The molecule has 0 saturated carbocycles. The smallest absolute Gasteiger partial charge is 0.336 e. The second-order valence-electron chi connectivity index (χ2n) is 3.15. The van der Waals surface area contributed by atoms with Gasteiger partial charge in [-0.15, -0.1) is 0 Å². The lowest BCUT2D eigenvalue weighted by molar-refractivity contribution is 0.0696. The Labute approximate surface area is 83.9 Å². The van der Waals surface area contributed by atoms with E-state index in [1.807, 2.05) is 32.1 Å². The van der Waals surface area contributed by atoms with Crippen molar-refractivity contribution in [2.24, 2.45) is 0 Å². The zero-order chi connectivity index (χ0) is 10.6. The molecule has 0 amide bonds. The summed E-state index contributed by atoms with van der Waals surface area (Å²) in [6, 6.07) is 7.07. The third-order valence-corrected chi connectivity index (χ3v) is 2.09. The van der Waals surface area contributed by atoms with Crippen molar-refractivity contribution in [2.75, 3.05) is 0 Å². The molecule has 0 aliphatic heterocycles. The van der Waals surface area contributed by atoms with E-state index in [9.17, 15) is 4.79 Å². The van der Waals surface area contributed by atoms with Crippen LogP contribution in [0.3, 0.4) is 0 Å². The van der Waals surface area contributed by atoms with Gasteiger partial charge in [0.25, 0.3) is 0 Å². The van der Waals surface area contributed by atoms with Crippen LogP contribution in [0.15, 0.2) is 30.3 Å². The Bertz CT molecular complexity index is 364. The number of carboxylic acids is 1. The number of carboxylic acid groups (broad SMARTS) is 1. The van der Waals surface area contributed by atoms with E-state index >= 15 is 0 Å². The van der Waals surface area contributed by atoms with Crippen LogP contribution in [0.2, 0.25) is 0 Å². The maximum Gasteiger partial charge on any atom is 0.336 e. The van der Waals surface area contributed by atoms with Gasteiger partial charge in [0.15, 0.2) is 0 Å². The first kappa shape index (κ1) is 10.5. The summed E-state index contributed by atoms with van der Waals surface area (Å²) in [5.74, 6) is -0.871. The number of aromatic carboxylic acids is 1. The highest BCUT2D eigenvalue weighted by molar-refractivity contribution is 5.93. The van der Waals surface area contributed by atoms with E-state index in [1.54, 1.807) is 12.1 Å². The zero-order valence-corrected chi connectivity index (χ0v) is 8.45. The fourth-order valence-corrected chi connectivity index (χ4v) is 1.43. The topological polar surface area (TPSA) is 37.3 Å². The number of rotatable bonds is 3. The molecule has 2 heteroatoms. The average molecular weight is 190 g/mol. The Balaban J connectivity index is 3.20. The number of hydrogen-bond donors (Lipinski definition) is 1. The Morgan fingerprint density at radius 2 is 1.93 bits per heavy atom. The van der Waals surface area contributed by atoms with Gasteiger partial charge in [-0.25, -0.2) is 4.79 Å². The zero-order valence-electron chi connectivity index (χ0n) is 8.45. The molecule has 2 nitrogen and oxygen atoms in total. The molecule has 0 heterocycles. The van der Waals surface area contributed by atoms with E-state index in [1.165, 1.54) is 0 Å². The van der Waals surface area contributed by atoms with E-state index in [0.717, 1.165) is 17.6 Å². The van der Waals surface area contributed by atoms with Gasteiger partial charge in [0.1, 0.15) is 0 Å². The van der Waals surface area contributed by atoms with Crippen LogP contribution in [0, 0.1) is 0 Å². The second-order valence-corrected chi connectivity index (χ2v) is 3.15. The van der Waals surface area contributed by atoms with Gasteiger partial charge >= 0.3 is 5.97 Å². The number of benzene rings is 1. The van der Waals surface area contributed by atoms with Gasteiger partial charge in [0, 0.05) is 0 Å². The van der Waals surface area contributed by atoms with Gasteiger partial charge in [0.2, 0.25) is 0 Å². The Morgan fingerprint density at radius 1 is 1.36 bits per heavy atom. The molecule has 0 fully saturated rings. The molecule has 0 aliphatic rings. The highest BCUT2D eigenvalue weighted by Gasteiger charge is 2.09. The number of allylic oxidation sites excluding steroid dienone is 2. The van der Waals surface area contributed by atoms with Gasteiger partial charge in [-0.05, 0) is 30.5 Å². The van der Waals surface area contributed by atoms with Crippen LogP contribution in [-0.4, -0.2) is 11.1 Å². The van der Waals surface area contributed by atoms with Gasteiger partial charge in [-0.2, -0.15) is 0 Å². The highest BCUT2D eigenvalue weighted by Crippen LogP contribution is 2.19. The van der Waals surface area contributed by atoms with Crippen LogP contribution < -0.4 is 0 Å². The molecule has 0 unspecified atom stereocenters. The minimum absolute atomic E-state index is 0.370. The molecule has 0 saturated heterocycles. The average Bonchev–Trinajstić information content (AvgIpc) is 2.18. The molecule has 1 N–H and O–H groups in total. The Morgan fingerprint density at radius 3 is 2.43 bits per heavy atom. The van der Waals surface area contributed by atoms with Crippen molar-refractivity contribution in [1.29, 1.82) is 0 Å². The first-order chi connectivity index (χ1) is 6.66. The highest BCUT2D eigenvalue weighted by atomic mass is 16.4. The molecule has 0 bridgehead atoms. The minimum atomic E-state index is -0.871. The van der Waals surface area contributed by atoms with E-state index in [2.05, 4.69) is 0 Å². The van der Waals surface area contributed by atoms with E-state index in [0.29, 0.717) is 5.56 Å². The molecule has 14 heavy (non-hydrogen) atoms. The first-order valence-corrected chi connectivity index (χ1v) is 4.66. The standard InChI is InChI=1S/C12H14O2/c1-3-6-9(2)10-7-4-5-8-11(10)12(13)14/h4-8H,3H2,1-2H3,(H,13,14)/b9-6+. The van der Waals surface area contributed by atoms with E-state index in [-0.39, 0.29) is 0 Å². The van der Waals surface area contributed by atoms with Gasteiger partial charge < -0.3 is 5.11 Å². The van der Waals surface area contributed by atoms with Crippen LogP contribution in [0.25, 0.3) is 5.57 Å². The molecule has 0 spiro atoms. The van der Waals surface area contributed by atoms with Crippen LogP contribution in [0.1, 0.15) is 36.2 Å². The normalized spacial score (nSPS) is 11.4. The fourth-order valence-electron chi connectivity index (χ4n) is 1.43. The van der Waals surface area contributed by atoms with Crippen molar-refractivity contribution in [2.45, 2.75) is 20.3 Å². The SMILES string of the molecule is CC/C=C(\C)c1ccccc1C(=O)O. The minimum Gasteiger partial charge on any atom is -0.478 e. The van der Waals surface area contributed by atoms with Crippen molar-refractivity contribution < 1.29 is 9.90 Å². The quantitative estimate of drug-likeness (QED) is 0.794. The molecular weight excluding hydrogens is 176 g/mol. The van der Waals surface area contributed by atoms with E-state index in [4.69, 9.17) is 5.11 Å². The third kappa shape index (κ3) is 2.22. The number of carbonyl (C=O) groups is 1. The molecule has 0 radical (unpaired) electrons. The van der Waals surface area contributed by atoms with Crippen molar-refractivity contribution in [3.05, 3.63) is 41.5 Å². The molecule has 0 aliphatic carbocycles. The van der Waals surface area contributed by atoms with Gasteiger partial charge in [0.05, 0.1) is 5.56 Å². The third-order valence-electron chi connectivity index (χ3n) is 2.09. The largest absolute Gasteiger partial charge is 0.478 e. The van der Waals surface area contributed by atoms with Crippen LogP contribution in [0.4, 0.5) is 0 Å². The Kier molecular flexibility index (Phi) is 3.46. The van der Waals surface area contributed by atoms with Crippen molar-refractivity contribution in [1.82, 2.24) is 0 Å². The van der Waals surface area contributed by atoms with Gasteiger partial charge in [-0.3, -0.25) is 0 Å². The van der Waals surface area contributed by atoms with Crippen LogP contribution in [0.5, 0.6) is 0 Å². The maximum absolute atomic E-state index is 10.9. The lowest BCUT2D eigenvalue weighted by atomic mass is 10.0. The molecule has 74 valence electrons. The predicted molar refractivity (Wildman–Crippen MR) is 57.3 cm³/mol. The van der Waals surface area contributed by atoms with Crippen molar-refractivity contribution in [3.63, 3.8) is 0 Å². The Hall–Kier alpha value is -1.57. The molecule has 1 aromatic carbocycles. The molecule has 0 atom stereocenters. The second kappa shape index (κ2) is 4.61. The van der Waals surface area contributed by atoms with Crippen LogP contribution >= 0.6 is 0 Å². The van der Waals surface area contributed by atoms with Gasteiger partial charge in [-0.1, -0.05) is 31.2 Å². The van der Waals surface area contributed by atoms with E-state index < -0.39 is 5.97 Å². The lowest BCUT2D eigenvalue weighted by Crippen LogP contribution is -2.00. The fraction of sp³-hybridized carbons (Fsp3) is 0.250.